The van der Waals surface area contributed by atoms with Crippen LogP contribution in [0.3, 0.4) is 0 Å². The number of unbranched alkanes of at least 4 members (excludes halogenated alkanes) is 1. The molecule has 0 atom stereocenters. The molecule has 2 aromatic rings. The Balaban J connectivity index is 1.90. The van der Waals surface area contributed by atoms with Gasteiger partial charge >= 0.3 is 0 Å². The Labute approximate surface area is 166 Å². The summed E-state index contributed by atoms with van der Waals surface area (Å²) in [5, 5.41) is 8.73. The third-order valence-corrected chi connectivity index (χ3v) is 3.91. The zero-order chi connectivity index (χ0) is 20.2. The van der Waals surface area contributed by atoms with Crippen LogP contribution in [0, 0.1) is 0 Å². The summed E-state index contributed by atoms with van der Waals surface area (Å²) in [6.07, 6.45) is 3.62. The van der Waals surface area contributed by atoms with Crippen molar-refractivity contribution in [3.05, 3.63) is 66.7 Å². The Hall–Kier alpha value is -3.28. The highest BCUT2D eigenvalue weighted by atomic mass is 16.5. The number of ether oxygens (including phenoxy) is 1. The fourth-order valence-electron chi connectivity index (χ4n) is 2.49. The van der Waals surface area contributed by atoms with Gasteiger partial charge in [0.2, 0.25) is 5.91 Å². The lowest BCUT2D eigenvalue weighted by atomic mass is 10.2. The summed E-state index contributed by atoms with van der Waals surface area (Å²) in [6.45, 7) is 6.80. The van der Waals surface area contributed by atoms with E-state index in [0.29, 0.717) is 30.2 Å². The number of amides is 2. The molecule has 0 saturated heterocycles. The molecule has 0 radical (unpaired) electrons. The monoisotopic (exact) mass is 381 g/mol. The lowest BCUT2D eigenvalue weighted by Crippen LogP contribution is -2.25. The molecule has 0 saturated carbocycles. The standard InChI is InChI=1S/C22H27N3O3/c1-3-5-13-23-22(27)17-9-8-10-18(15-17)25-21(26)16-24-19-11-6-7-12-20(19)28-14-4-2/h4,6-12,15,24H,2-3,5,13-14,16H2,1H3,(H,23,27)(H,25,26). The van der Waals surface area contributed by atoms with E-state index in [4.69, 9.17) is 4.74 Å². The molecule has 28 heavy (non-hydrogen) atoms. The van der Waals surface area contributed by atoms with Crippen molar-refractivity contribution in [1.82, 2.24) is 5.32 Å². The van der Waals surface area contributed by atoms with Crippen LogP contribution in [0.5, 0.6) is 5.75 Å². The number of hydrogen-bond acceptors (Lipinski definition) is 4. The fraction of sp³-hybridized carbons (Fsp3) is 0.273. The molecular weight excluding hydrogens is 354 g/mol. The highest BCUT2D eigenvalue weighted by molar-refractivity contribution is 5.98. The van der Waals surface area contributed by atoms with E-state index in [1.165, 1.54) is 0 Å². The molecule has 0 bridgehead atoms. The van der Waals surface area contributed by atoms with E-state index in [9.17, 15) is 9.59 Å². The summed E-state index contributed by atoms with van der Waals surface area (Å²) in [5.74, 6) is 0.291. The zero-order valence-corrected chi connectivity index (χ0v) is 16.2. The van der Waals surface area contributed by atoms with Crippen LogP contribution in [0.25, 0.3) is 0 Å². The van der Waals surface area contributed by atoms with E-state index in [1.54, 1.807) is 30.3 Å². The van der Waals surface area contributed by atoms with Crippen LogP contribution in [-0.2, 0) is 4.79 Å². The van der Waals surface area contributed by atoms with Crippen LogP contribution in [0.2, 0.25) is 0 Å². The summed E-state index contributed by atoms with van der Waals surface area (Å²) in [5.41, 5.74) is 1.82. The normalized spacial score (nSPS) is 10.0. The van der Waals surface area contributed by atoms with Crippen molar-refractivity contribution in [3.63, 3.8) is 0 Å². The van der Waals surface area contributed by atoms with Gasteiger partial charge in [0, 0.05) is 17.8 Å². The van der Waals surface area contributed by atoms with Crippen LogP contribution in [0.4, 0.5) is 11.4 Å². The number of benzene rings is 2. The van der Waals surface area contributed by atoms with E-state index in [2.05, 4.69) is 29.5 Å². The van der Waals surface area contributed by atoms with Crippen molar-refractivity contribution in [2.75, 3.05) is 30.3 Å². The first-order valence-corrected chi connectivity index (χ1v) is 9.38. The number of carbonyl (C=O) groups excluding carboxylic acids is 2. The molecule has 0 heterocycles. The number of carbonyl (C=O) groups is 2. The second kappa shape index (κ2) is 11.4. The summed E-state index contributed by atoms with van der Waals surface area (Å²) in [7, 11) is 0. The van der Waals surface area contributed by atoms with Gasteiger partial charge in [-0.05, 0) is 36.8 Å². The Kier molecular flexibility index (Phi) is 8.59. The minimum absolute atomic E-state index is 0.0708. The molecule has 0 aliphatic heterocycles. The van der Waals surface area contributed by atoms with Gasteiger partial charge in [-0.3, -0.25) is 9.59 Å². The minimum atomic E-state index is -0.220. The van der Waals surface area contributed by atoms with Crippen molar-refractivity contribution < 1.29 is 14.3 Å². The molecule has 0 spiro atoms. The molecule has 3 N–H and O–H groups in total. The molecule has 148 valence electrons. The quantitative estimate of drug-likeness (QED) is 0.408. The van der Waals surface area contributed by atoms with Gasteiger partial charge in [0.1, 0.15) is 12.4 Å². The smallest absolute Gasteiger partial charge is 0.251 e. The fourth-order valence-corrected chi connectivity index (χ4v) is 2.49. The van der Waals surface area contributed by atoms with E-state index < -0.39 is 0 Å². The Bertz CT molecular complexity index is 805. The number of nitrogens with one attached hydrogen (secondary N) is 3. The van der Waals surface area contributed by atoms with Gasteiger partial charge < -0.3 is 20.7 Å². The van der Waals surface area contributed by atoms with Crippen LogP contribution in [0.15, 0.2) is 61.2 Å². The Morgan fingerprint density at radius 3 is 2.75 bits per heavy atom. The second-order valence-corrected chi connectivity index (χ2v) is 6.19. The highest BCUT2D eigenvalue weighted by Gasteiger charge is 2.09. The van der Waals surface area contributed by atoms with Crippen LogP contribution >= 0.6 is 0 Å². The van der Waals surface area contributed by atoms with Gasteiger partial charge in [-0.1, -0.05) is 44.2 Å². The van der Waals surface area contributed by atoms with Gasteiger partial charge in [-0.15, -0.1) is 0 Å². The van der Waals surface area contributed by atoms with E-state index in [1.807, 2.05) is 24.3 Å². The zero-order valence-electron chi connectivity index (χ0n) is 16.2. The van der Waals surface area contributed by atoms with Crippen LogP contribution in [-0.4, -0.2) is 31.5 Å². The Morgan fingerprint density at radius 1 is 1.14 bits per heavy atom. The lowest BCUT2D eigenvalue weighted by molar-refractivity contribution is -0.114. The molecular formula is C22H27N3O3. The first kappa shape index (κ1) is 21.0. The van der Waals surface area contributed by atoms with Gasteiger partial charge in [-0.2, -0.15) is 0 Å². The predicted molar refractivity (Wildman–Crippen MR) is 113 cm³/mol. The third-order valence-electron chi connectivity index (χ3n) is 3.91. The molecule has 0 aromatic heterocycles. The van der Waals surface area contributed by atoms with E-state index >= 15 is 0 Å². The molecule has 6 heteroatoms. The van der Waals surface area contributed by atoms with Gasteiger partial charge in [0.05, 0.1) is 12.2 Å². The predicted octanol–water partition coefficient (Wildman–Crippen LogP) is 3.83. The topological polar surface area (TPSA) is 79.5 Å². The van der Waals surface area contributed by atoms with Crippen LogP contribution in [0.1, 0.15) is 30.1 Å². The van der Waals surface area contributed by atoms with Gasteiger partial charge in [-0.25, -0.2) is 0 Å². The van der Waals surface area contributed by atoms with Crippen molar-refractivity contribution >= 4 is 23.2 Å². The molecule has 0 aliphatic rings. The first-order valence-electron chi connectivity index (χ1n) is 9.38. The van der Waals surface area contributed by atoms with Crippen molar-refractivity contribution in [2.45, 2.75) is 19.8 Å². The Morgan fingerprint density at radius 2 is 1.96 bits per heavy atom. The molecule has 0 unspecified atom stereocenters. The molecule has 0 aliphatic carbocycles. The molecule has 2 rings (SSSR count). The van der Waals surface area contributed by atoms with Crippen molar-refractivity contribution in [1.29, 1.82) is 0 Å². The molecule has 0 fully saturated rings. The number of hydrogen-bond donors (Lipinski definition) is 3. The number of anilines is 2. The molecule has 2 amide bonds. The average Bonchev–Trinajstić information content (AvgIpc) is 2.71. The SMILES string of the molecule is C=CCOc1ccccc1NCC(=O)Nc1cccc(C(=O)NCCCC)c1. The van der Waals surface area contributed by atoms with E-state index in [0.717, 1.165) is 18.5 Å². The van der Waals surface area contributed by atoms with Crippen molar-refractivity contribution in [2.24, 2.45) is 0 Å². The first-order chi connectivity index (χ1) is 13.6. The third kappa shape index (κ3) is 6.79. The summed E-state index contributed by atoms with van der Waals surface area (Å²) in [6, 6.07) is 14.3. The number of rotatable bonds is 11. The average molecular weight is 381 g/mol. The maximum absolute atomic E-state index is 12.3. The largest absolute Gasteiger partial charge is 0.487 e. The maximum Gasteiger partial charge on any atom is 0.251 e. The number of para-hydroxylation sites is 2. The summed E-state index contributed by atoms with van der Waals surface area (Å²) in [4.78, 5) is 24.4. The van der Waals surface area contributed by atoms with Crippen molar-refractivity contribution in [3.8, 4) is 5.75 Å². The second-order valence-electron chi connectivity index (χ2n) is 6.19. The van der Waals surface area contributed by atoms with Gasteiger partial charge in [0.25, 0.3) is 5.91 Å². The van der Waals surface area contributed by atoms with Crippen LogP contribution < -0.4 is 20.7 Å². The summed E-state index contributed by atoms with van der Waals surface area (Å²) >= 11 is 0. The van der Waals surface area contributed by atoms with Gasteiger partial charge in [0.15, 0.2) is 0 Å². The minimum Gasteiger partial charge on any atom is -0.487 e. The molecule has 2 aromatic carbocycles. The maximum atomic E-state index is 12.3. The summed E-state index contributed by atoms with van der Waals surface area (Å²) < 4.78 is 5.56. The highest BCUT2D eigenvalue weighted by Crippen LogP contribution is 2.23. The molecule has 6 nitrogen and oxygen atoms in total. The lowest BCUT2D eigenvalue weighted by Gasteiger charge is -2.12. The van der Waals surface area contributed by atoms with E-state index in [-0.39, 0.29) is 18.4 Å².